The van der Waals surface area contributed by atoms with Crippen LogP contribution in [0.1, 0.15) is 35.2 Å². The van der Waals surface area contributed by atoms with Gasteiger partial charge in [0.2, 0.25) is 0 Å². The number of hydroxylamine groups is 1. The Morgan fingerprint density at radius 3 is 2.14 bits per heavy atom. The fourth-order valence-corrected chi connectivity index (χ4v) is 3.05. The van der Waals surface area contributed by atoms with Gasteiger partial charge in [-0.1, -0.05) is 42.8 Å². The van der Waals surface area contributed by atoms with Crippen molar-refractivity contribution in [3.05, 3.63) is 59.7 Å². The predicted molar refractivity (Wildman–Crippen MR) is 107 cm³/mol. The van der Waals surface area contributed by atoms with E-state index in [4.69, 9.17) is 10.9 Å². The Morgan fingerprint density at radius 1 is 1.04 bits per heavy atom. The molecule has 1 aliphatic carbocycles. The third kappa shape index (κ3) is 4.95. The summed E-state index contributed by atoms with van der Waals surface area (Å²) in [6.07, 6.45) is 3.87. The summed E-state index contributed by atoms with van der Waals surface area (Å²) in [6, 6.07) is 15.2. The third-order valence-corrected chi connectivity index (χ3v) is 5.10. The van der Waals surface area contributed by atoms with E-state index in [1.165, 1.54) is 30.3 Å². The van der Waals surface area contributed by atoms with E-state index in [1.54, 1.807) is 12.1 Å². The zero-order valence-electron chi connectivity index (χ0n) is 15.7. The van der Waals surface area contributed by atoms with E-state index in [0.29, 0.717) is 11.6 Å². The van der Waals surface area contributed by atoms with Gasteiger partial charge in [-0.05, 0) is 41.7 Å². The van der Waals surface area contributed by atoms with Crippen LogP contribution in [0, 0.1) is 0 Å². The normalized spacial score (nSPS) is 14.8. The lowest BCUT2D eigenvalue weighted by Crippen LogP contribution is -2.50. The van der Waals surface area contributed by atoms with Gasteiger partial charge in [-0.15, -0.1) is 0 Å². The second kappa shape index (κ2) is 9.45. The van der Waals surface area contributed by atoms with Crippen LogP contribution in [0.4, 0.5) is 0 Å². The summed E-state index contributed by atoms with van der Waals surface area (Å²) in [4.78, 5) is 23.7. The van der Waals surface area contributed by atoms with Crippen molar-refractivity contribution in [3.8, 4) is 11.1 Å². The Bertz CT molecular complexity index is 801. The summed E-state index contributed by atoms with van der Waals surface area (Å²) in [5.74, 6) is -1.18. The molecular formula is C21H26N4O3. The summed E-state index contributed by atoms with van der Waals surface area (Å²) >= 11 is 0. The molecule has 0 aromatic heterocycles. The zero-order valence-corrected chi connectivity index (χ0v) is 15.7. The molecule has 0 spiro atoms. The van der Waals surface area contributed by atoms with Gasteiger partial charge in [-0.25, -0.2) is 5.48 Å². The number of carbonyl (C=O) groups is 2. The molecule has 0 heterocycles. The molecule has 0 unspecified atom stereocenters. The highest BCUT2D eigenvalue weighted by Gasteiger charge is 2.19. The van der Waals surface area contributed by atoms with Gasteiger partial charge in [-0.3, -0.25) is 14.8 Å². The molecular weight excluding hydrogens is 356 g/mol. The van der Waals surface area contributed by atoms with Crippen LogP contribution in [-0.2, 0) is 11.3 Å². The lowest BCUT2D eigenvalue weighted by atomic mass is 9.93. The van der Waals surface area contributed by atoms with Gasteiger partial charge < -0.3 is 16.4 Å². The molecule has 1 saturated carbocycles. The van der Waals surface area contributed by atoms with Crippen molar-refractivity contribution in [3.63, 3.8) is 0 Å². The Morgan fingerprint density at radius 2 is 1.64 bits per heavy atom. The van der Waals surface area contributed by atoms with Crippen molar-refractivity contribution in [2.24, 2.45) is 5.73 Å². The summed E-state index contributed by atoms with van der Waals surface area (Å²) in [7, 11) is 0. The first-order valence-electron chi connectivity index (χ1n) is 9.48. The van der Waals surface area contributed by atoms with Crippen molar-refractivity contribution in [1.29, 1.82) is 0 Å². The fourth-order valence-electron chi connectivity index (χ4n) is 3.05. The second-order valence-electron chi connectivity index (χ2n) is 7.02. The number of nitrogens with two attached hydrogens (primary N) is 1. The van der Waals surface area contributed by atoms with Gasteiger partial charge in [0.15, 0.2) is 0 Å². The predicted octanol–water partition coefficient (Wildman–Crippen LogP) is 1.56. The maximum Gasteiger partial charge on any atom is 0.267 e. The van der Waals surface area contributed by atoms with E-state index in [0.717, 1.165) is 17.7 Å². The molecule has 28 heavy (non-hydrogen) atoms. The van der Waals surface area contributed by atoms with Crippen molar-refractivity contribution in [1.82, 2.24) is 16.1 Å². The van der Waals surface area contributed by atoms with Crippen molar-refractivity contribution in [2.75, 3.05) is 6.54 Å². The lowest BCUT2D eigenvalue weighted by molar-refractivity contribution is -0.130. The highest BCUT2D eigenvalue weighted by molar-refractivity contribution is 5.97. The van der Waals surface area contributed by atoms with E-state index in [-0.39, 0.29) is 6.54 Å². The first-order chi connectivity index (χ1) is 13.6. The number of carbonyl (C=O) groups excluding carboxylic acids is 2. The SMILES string of the molecule is NC[C@H](NC(=O)c1ccc(-c2ccc(CNC3CCC3)cc2)cc1)C(=O)NO. The minimum Gasteiger partial charge on any atom is -0.339 e. The minimum atomic E-state index is -0.988. The smallest absolute Gasteiger partial charge is 0.267 e. The Labute approximate surface area is 164 Å². The summed E-state index contributed by atoms with van der Waals surface area (Å²) in [5, 5.41) is 14.7. The van der Waals surface area contributed by atoms with E-state index in [2.05, 4.69) is 34.9 Å². The molecule has 7 heteroatoms. The number of rotatable bonds is 8. The first-order valence-corrected chi connectivity index (χ1v) is 9.48. The molecule has 148 valence electrons. The van der Waals surface area contributed by atoms with Gasteiger partial charge in [0.25, 0.3) is 11.8 Å². The molecule has 0 bridgehead atoms. The number of hydrogen-bond acceptors (Lipinski definition) is 5. The van der Waals surface area contributed by atoms with Crippen LogP contribution in [0.5, 0.6) is 0 Å². The van der Waals surface area contributed by atoms with E-state index >= 15 is 0 Å². The van der Waals surface area contributed by atoms with Crippen molar-refractivity contribution >= 4 is 11.8 Å². The minimum absolute atomic E-state index is 0.113. The topological polar surface area (TPSA) is 116 Å². The average Bonchev–Trinajstić information content (AvgIpc) is 2.70. The van der Waals surface area contributed by atoms with E-state index in [9.17, 15) is 9.59 Å². The molecule has 7 nitrogen and oxygen atoms in total. The molecule has 2 aromatic rings. The first kappa shape index (κ1) is 20.0. The maximum atomic E-state index is 12.2. The van der Waals surface area contributed by atoms with Gasteiger partial charge in [0.05, 0.1) is 0 Å². The number of amides is 2. The third-order valence-electron chi connectivity index (χ3n) is 5.10. The van der Waals surface area contributed by atoms with Gasteiger partial charge in [0.1, 0.15) is 6.04 Å². The molecule has 1 atom stereocenters. The van der Waals surface area contributed by atoms with Crippen molar-refractivity contribution in [2.45, 2.75) is 37.9 Å². The molecule has 1 aliphatic rings. The van der Waals surface area contributed by atoms with Gasteiger partial charge in [0, 0.05) is 24.7 Å². The molecule has 1 fully saturated rings. The van der Waals surface area contributed by atoms with Crippen LogP contribution in [0.2, 0.25) is 0 Å². The van der Waals surface area contributed by atoms with Crippen LogP contribution in [0.3, 0.4) is 0 Å². The molecule has 0 saturated heterocycles. The van der Waals surface area contributed by atoms with Crippen LogP contribution in [-0.4, -0.2) is 35.7 Å². The Hall–Kier alpha value is -2.74. The quantitative estimate of drug-likeness (QED) is 0.351. The highest BCUT2D eigenvalue weighted by atomic mass is 16.5. The number of benzene rings is 2. The zero-order chi connectivity index (χ0) is 19.9. The van der Waals surface area contributed by atoms with Gasteiger partial charge >= 0.3 is 0 Å². The fraction of sp³-hybridized carbons (Fsp3) is 0.333. The molecule has 2 aromatic carbocycles. The number of hydrogen-bond donors (Lipinski definition) is 5. The van der Waals surface area contributed by atoms with E-state index in [1.807, 2.05) is 12.1 Å². The second-order valence-corrected chi connectivity index (χ2v) is 7.02. The lowest BCUT2D eigenvalue weighted by Gasteiger charge is -2.26. The summed E-state index contributed by atoms with van der Waals surface area (Å²) < 4.78 is 0. The Balaban J connectivity index is 1.60. The molecule has 3 rings (SSSR count). The molecule has 0 aliphatic heterocycles. The van der Waals surface area contributed by atoms with Crippen LogP contribution < -0.4 is 21.8 Å². The molecule has 0 radical (unpaired) electrons. The summed E-state index contributed by atoms with van der Waals surface area (Å²) in [6.45, 7) is 0.770. The molecule has 6 N–H and O–H groups in total. The summed E-state index contributed by atoms with van der Waals surface area (Å²) in [5.41, 5.74) is 10.7. The standard InChI is InChI=1S/C21H26N4O3/c22-12-19(21(27)25-28)24-20(26)17-10-8-16(9-11-17)15-6-4-14(5-7-15)13-23-18-2-1-3-18/h4-11,18-19,23,28H,1-3,12-13,22H2,(H,24,26)(H,25,27)/t19-/m0/s1. The largest absolute Gasteiger partial charge is 0.339 e. The van der Waals surface area contributed by atoms with Crippen molar-refractivity contribution < 1.29 is 14.8 Å². The van der Waals surface area contributed by atoms with Gasteiger partial charge in [-0.2, -0.15) is 0 Å². The van der Waals surface area contributed by atoms with Crippen LogP contribution >= 0.6 is 0 Å². The van der Waals surface area contributed by atoms with E-state index < -0.39 is 17.9 Å². The highest BCUT2D eigenvalue weighted by Crippen LogP contribution is 2.22. The monoisotopic (exact) mass is 382 g/mol. The average molecular weight is 382 g/mol. The van der Waals surface area contributed by atoms with Crippen LogP contribution in [0.15, 0.2) is 48.5 Å². The maximum absolute atomic E-state index is 12.2. The number of nitrogens with one attached hydrogen (secondary N) is 3. The van der Waals surface area contributed by atoms with Crippen LogP contribution in [0.25, 0.3) is 11.1 Å². The molecule has 2 amide bonds. The Kier molecular flexibility index (Phi) is 6.76.